The number of hydrogen-bond acceptors (Lipinski definition) is 5. The third-order valence-corrected chi connectivity index (χ3v) is 5.79. The van der Waals surface area contributed by atoms with Crippen molar-refractivity contribution in [2.45, 2.75) is 26.2 Å². The van der Waals surface area contributed by atoms with Crippen LogP contribution in [0.2, 0.25) is 0 Å². The van der Waals surface area contributed by atoms with E-state index in [-0.39, 0.29) is 17.1 Å². The van der Waals surface area contributed by atoms with Crippen LogP contribution < -0.4 is 19.5 Å². The zero-order valence-electron chi connectivity index (χ0n) is 17.8. The van der Waals surface area contributed by atoms with Crippen molar-refractivity contribution >= 4 is 43.5 Å². The maximum Gasteiger partial charge on any atom is 0.291 e. The lowest BCUT2D eigenvalue weighted by molar-refractivity contribution is 0.0991. The minimum Gasteiger partial charge on any atom is -0.494 e. The van der Waals surface area contributed by atoms with Gasteiger partial charge in [0.2, 0.25) is 0 Å². The Hall–Kier alpha value is -2.45. The molecule has 0 spiro atoms. The summed E-state index contributed by atoms with van der Waals surface area (Å²) in [5.41, 5.74) is 1.42. The average Bonchev–Trinajstić information content (AvgIpc) is 3.18. The van der Waals surface area contributed by atoms with Gasteiger partial charge in [-0.1, -0.05) is 42.8 Å². The van der Waals surface area contributed by atoms with Crippen molar-refractivity contribution in [2.75, 3.05) is 19.5 Å². The first-order valence-electron chi connectivity index (χ1n) is 9.43. The van der Waals surface area contributed by atoms with Gasteiger partial charge < -0.3 is 23.9 Å². The van der Waals surface area contributed by atoms with Crippen LogP contribution in [0, 0.1) is 0 Å². The van der Waals surface area contributed by atoms with Crippen molar-refractivity contribution in [3.8, 4) is 23.2 Å². The molecule has 2 aromatic carbocycles. The standard InChI is InChI=1S/C23H23Br2NO5/c1-23(2,3)13-11-19(15(25)12-14(13)24)31-20-10-9-18(30-20)22(27)26-21-16(28-4)7-6-8-17(21)29-5/h6-12H,1-5H3,(H,26,27). The van der Waals surface area contributed by atoms with E-state index in [1.165, 1.54) is 14.2 Å². The lowest BCUT2D eigenvalue weighted by atomic mass is 9.87. The molecule has 0 bridgehead atoms. The van der Waals surface area contributed by atoms with E-state index in [9.17, 15) is 4.79 Å². The fourth-order valence-corrected chi connectivity index (χ4v) is 4.61. The molecule has 0 aliphatic rings. The number of para-hydroxylation sites is 1. The first-order valence-corrected chi connectivity index (χ1v) is 11.0. The molecule has 3 aromatic rings. The summed E-state index contributed by atoms with van der Waals surface area (Å²) in [6.45, 7) is 6.35. The minimum absolute atomic E-state index is 0.0837. The normalized spacial score (nSPS) is 11.2. The number of benzene rings is 2. The lowest BCUT2D eigenvalue weighted by Crippen LogP contribution is -2.12. The Labute approximate surface area is 198 Å². The number of ether oxygens (including phenoxy) is 3. The molecule has 0 fully saturated rings. The first kappa shape index (κ1) is 23.2. The number of carbonyl (C=O) groups is 1. The average molecular weight is 553 g/mol. The topological polar surface area (TPSA) is 69.9 Å². The van der Waals surface area contributed by atoms with E-state index in [1.54, 1.807) is 30.3 Å². The van der Waals surface area contributed by atoms with Gasteiger partial charge in [-0.15, -0.1) is 0 Å². The van der Waals surface area contributed by atoms with E-state index in [2.05, 4.69) is 57.9 Å². The second-order valence-electron chi connectivity index (χ2n) is 7.72. The summed E-state index contributed by atoms with van der Waals surface area (Å²) in [7, 11) is 3.04. The van der Waals surface area contributed by atoms with Gasteiger partial charge in [0.15, 0.2) is 5.76 Å². The second kappa shape index (κ2) is 9.36. The molecule has 0 saturated heterocycles. The van der Waals surface area contributed by atoms with Gasteiger partial charge in [-0.25, -0.2) is 0 Å². The SMILES string of the molecule is COc1cccc(OC)c1NC(=O)c1ccc(Oc2cc(C(C)(C)C)c(Br)cc2Br)o1. The fourth-order valence-electron chi connectivity index (χ4n) is 2.94. The zero-order valence-corrected chi connectivity index (χ0v) is 21.0. The van der Waals surface area contributed by atoms with Crippen LogP contribution in [0.15, 0.2) is 55.8 Å². The lowest BCUT2D eigenvalue weighted by Gasteiger charge is -2.22. The number of hydrogen-bond donors (Lipinski definition) is 1. The van der Waals surface area contributed by atoms with Gasteiger partial charge in [-0.2, -0.15) is 0 Å². The monoisotopic (exact) mass is 551 g/mol. The Balaban J connectivity index is 1.83. The molecule has 1 amide bonds. The molecule has 1 aromatic heterocycles. The predicted octanol–water partition coefficient (Wildman–Crippen LogP) is 7.16. The smallest absolute Gasteiger partial charge is 0.291 e. The van der Waals surface area contributed by atoms with E-state index < -0.39 is 5.91 Å². The molecule has 164 valence electrons. The van der Waals surface area contributed by atoms with Gasteiger partial charge in [0.05, 0.1) is 18.7 Å². The van der Waals surface area contributed by atoms with Crippen molar-refractivity contribution in [2.24, 2.45) is 0 Å². The summed E-state index contributed by atoms with van der Waals surface area (Å²) < 4.78 is 23.9. The Morgan fingerprint density at radius 3 is 2.16 bits per heavy atom. The number of methoxy groups -OCH3 is 2. The van der Waals surface area contributed by atoms with Crippen LogP contribution >= 0.6 is 31.9 Å². The number of halogens is 2. The second-order valence-corrected chi connectivity index (χ2v) is 9.43. The fraction of sp³-hybridized carbons (Fsp3) is 0.261. The largest absolute Gasteiger partial charge is 0.494 e. The summed E-state index contributed by atoms with van der Waals surface area (Å²) >= 11 is 7.11. The van der Waals surface area contributed by atoms with Crippen LogP contribution in [0.25, 0.3) is 0 Å². The highest BCUT2D eigenvalue weighted by molar-refractivity contribution is 9.11. The van der Waals surface area contributed by atoms with E-state index in [0.29, 0.717) is 22.9 Å². The van der Waals surface area contributed by atoms with Crippen LogP contribution in [-0.2, 0) is 5.41 Å². The number of rotatable bonds is 6. The van der Waals surface area contributed by atoms with E-state index in [0.717, 1.165) is 14.5 Å². The Morgan fingerprint density at radius 1 is 0.935 bits per heavy atom. The molecule has 0 unspecified atom stereocenters. The molecule has 31 heavy (non-hydrogen) atoms. The zero-order chi connectivity index (χ0) is 22.8. The van der Waals surface area contributed by atoms with Crippen molar-refractivity contribution in [1.82, 2.24) is 0 Å². The van der Waals surface area contributed by atoms with Gasteiger partial charge in [-0.3, -0.25) is 4.79 Å². The summed E-state index contributed by atoms with van der Waals surface area (Å²) in [4.78, 5) is 12.7. The maximum atomic E-state index is 12.7. The molecule has 6 nitrogen and oxygen atoms in total. The van der Waals surface area contributed by atoms with Crippen molar-refractivity contribution < 1.29 is 23.4 Å². The summed E-state index contributed by atoms with van der Waals surface area (Å²) in [6.07, 6.45) is 0. The predicted molar refractivity (Wildman–Crippen MR) is 127 cm³/mol. The molecular formula is C23H23Br2NO5. The van der Waals surface area contributed by atoms with Crippen LogP contribution in [0.1, 0.15) is 36.9 Å². The van der Waals surface area contributed by atoms with Crippen molar-refractivity contribution in [1.29, 1.82) is 0 Å². The molecule has 8 heteroatoms. The maximum absolute atomic E-state index is 12.7. The highest BCUT2D eigenvalue weighted by Gasteiger charge is 2.21. The Bertz CT molecular complexity index is 1080. The molecular weight excluding hydrogens is 530 g/mol. The van der Waals surface area contributed by atoms with Crippen LogP contribution in [-0.4, -0.2) is 20.1 Å². The quantitative estimate of drug-likeness (QED) is 0.351. The van der Waals surface area contributed by atoms with Gasteiger partial charge in [0.25, 0.3) is 11.9 Å². The number of furan rings is 1. The molecule has 0 aliphatic heterocycles. The number of nitrogens with one attached hydrogen (secondary N) is 1. The molecule has 0 saturated carbocycles. The van der Waals surface area contributed by atoms with Crippen LogP contribution in [0.5, 0.6) is 23.2 Å². The summed E-state index contributed by atoms with van der Waals surface area (Å²) in [5.74, 6) is 1.37. The molecule has 0 atom stereocenters. The van der Waals surface area contributed by atoms with Gasteiger partial charge in [-0.05, 0) is 57.2 Å². The third-order valence-electron chi connectivity index (χ3n) is 4.51. The van der Waals surface area contributed by atoms with Crippen molar-refractivity contribution in [3.05, 3.63) is 62.7 Å². The molecule has 1 N–H and O–H groups in total. The van der Waals surface area contributed by atoms with E-state index >= 15 is 0 Å². The van der Waals surface area contributed by atoms with Crippen molar-refractivity contribution in [3.63, 3.8) is 0 Å². The first-order chi connectivity index (χ1) is 14.6. The third kappa shape index (κ3) is 5.25. The Morgan fingerprint density at radius 2 is 1.58 bits per heavy atom. The van der Waals surface area contributed by atoms with Crippen LogP contribution in [0.4, 0.5) is 5.69 Å². The number of anilines is 1. The molecule has 1 heterocycles. The molecule has 0 radical (unpaired) electrons. The summed E-state index contributed by atoms with van der Waals surface area (Å²) in [5, 5.41) is 2.77. The highest BCUT2D eigenvalue weighted by Crippen LogP contribution is 2.40. The van der Waals surface area contributed by atoms with E-state index in [1.807, 2.05) is 12.1 Å². The summed E-state index contributed by atoms with van der Waals surface area (Å²) in [6, 6.07) is 12.2. The Kier molecular flexibility index (Phi) is 7.01. The van der Waals surface area contributed by atoms with Gasteiger partial charge in [0, 0.05) is 10.5 Å². The number of carbonyl (C=O) groups excluding carboxylic acids is 1. The number of amides is 1. The highest BCUT2D eigenvalue weighted by atomic mass is 79.9. The molecule has 0 aliphatic carbocycles. The molecule has 3 rings (SSSR count). The van der Waals surface area contributed by atoms with Crippen LogP contribution in [0.3, 0.4) is 0 Å². The minimum atomic E-state index is -0.456. The van der Waals surface area contributed by atoms with E-state index in [4.69, 9.17) is 18.6 Å². The van der Waals surface area contributed by atoms with Gasteiger partial charge >= 0.3 is 0 Å². The van der Waals surface area contributed by atoms with Gasteiger partial charge in [0.1, 0.15) is 22.9 Å².